The molecule has 9 nitrogen and oxygen atoms in total. The lowest BCUT2D eigenvalue weighted by Gasteiger charge is -2.12. The van der Waals surface area contributed by atoms with Crippen LogP contribution in [0, 0.1) is 0 Å². The average Bonchev–Trinajstić information content (AvgIpc) is 3.18. The van der Waals surface area contributed by atoms with E-state index in [1.165, 1.54) is 6.33 Å². The van der Waals surface area contributed by atoms with Crippen molar-refractivity contribution in [2.45, 2.75) is 25.0 Å². The van der Waals surface area contributed by atoms with Gasteiger partial charge >= 0.3 is 8.18 Å². The molecule has 3 rings (SSSR count). The molecule has 0 amide bonds. The number of fused-ring (bicyclic) bond motifs is 1. The number of aldehydes is 1. The Kier molecular flexibility index (Phi) is 4.92. The normalized spacial score (nSPS) is 21.7. The second-order valence-corrected chi connectivity index (χ2v) is 6.20. The van der Waals surface area contributed by atoms with Gasteiger partial charge in [0.05, 0.1) is 18.3 Å². The van der Waals surface area contributed by atoms with Crippen molar-refractivity contribution in [2.24, 2.45) is 0 Å². The van der Waals surface area contributed by atoms with Crippen LogP contribution in [0.2, 0.25) is 0 Å². The SMILES string of the molecule is Nc1ncnn2c(C3CCC(CO[P+](=O)NCC=O)O3)ccc12. The van der Waals surface area contributed by atoms with E-state index in [2.05, 4.69) is 15.2 Å². The highest BCUT2D eigenvalue weighted by atomic mass is 31.1. The van der Waals surface area contributed by atoms with Gasteiger partial charge in [-0.2, -0.15) is 5.10 Å². The van der Waals surface area contributed by atoms with Gasteiger partial charge in [0, 0.05) is 0 Å². The van der Waals surface area contributed by atoms with Gasteiger partial charge in [0.2, 0.25) is 0 Å². The van der Waals surface area contributed by atoms with E-state index in [1.807, 2.05) is 12.1 Å². The molecule has 0 spiro atoms. The van der Waals surface area contributed by atoms with Gasteiger partial charge < -0.3 is 15.3 Å². The van der Waals surface area contributed by atoms with Crippen LogP contribution in [0.25, 0.3) is 5.52 Å². The second-order valence-electron chi connectivity index (χ2n) is 5.11. The Balaban J connectivity index is 1.60. The van der Waals surface area contributed by atoms with Crippen LogP contribution in [0.4, 0.5) is 5.82 Å². The van der Waals surface area contributed by atoms with Crippen LogP contribution in [0.1, 0.15) is 24.6 Å². The van der Waals surface area contributed by atoms with Crippen molar-refractivity contribution >= 4 is 25.8 Å². The van der Waals surface area contributed by atoms with Gasteiger partial charge in [0.25, 0.3) is 0 Å². The maximum absolute atomic E-state index is 11.4. The van der Waals surface area contributed by atoms with Crippen LogP contribution in [0.5, 0.6) is 0 Å². The molecule has 1 aliphatic rings. The Morgan fingerprint density at radius 1 is 1.52 bits per heavy atom. The van der Waals surface area contributed by atoms with E-state index in [0.717, 1.165) is 24.1 Å². The lowest BCUT2D eigenvalue weighted by Crippen LogP contribution is -2.16. The van der Waals surface area contributed by atoms with E-state index in [9.17, 15) is 9.36 Å². The summed E-state index contributed by atoms with van der Waals surface area (Å²) in [6.07, 6.45) is 3.36. The third-order valence-electron chi connectivity index (χ3n) is 3.63. The molecule has 1 fully saturated rings. The number of nitrogens with two attached hydrogens (primary N) is 1. The van der Waals surface area contributed by atoms with Crippen LogP contribution in [-0.2, 0) is 18.6 Å². The number of aromatic nitrogens is 3. The van der Waals surface area contributed by atoms with E-state index in [-0.39, 0.29) is 25.4 Å². The van der Waals surface area contributed by atoms with Gasteiger partial charge in [0.15, 0.2) is 5.82 Å². The number of rotatable bonds is 7. The average molecular weight is 338 g/mol. The molecule has 0 aromatic carbocycles. The first-order valence-corrected chi connectivity index (χ1v) is 8.37. The summed E-state index contributed by atoms with van der Waals surface area (Å²) in [4.78, 5) is 14.1. The predicted molar refractivity (Wildman–Crippen MR) is 81.9 cm³/mol. The molecule has 1 saturated heterocycles. The Morgan fingerprint density at radius 2 is 2.39 bits per heavy atom. The quantitative estimate of drug-likeness (QED) is 0.566. The summed E-state index contributed by atoms with van der Waals surface area (Å²) in [5.74, 6) is 0.419. The molecule has 2 aromatic rings. The summed E-state index contributed by atoms with van der Waals surface area (Å²) in [6.45, 7) is 0.207. The van der Waals surface area contributed by atoms with Gasteiger partial charge in [-0.3, -0.25) is 0 Å². The molecule has 3 atom stereocenters. The summed E-state index contributed by atoms with van der Waals surface area (Å²) < 4.78 is 24.3. The highest BCUT2D eigenvalue weighted by Gasteiger charge is 2.31. The Morgan fingerprint density at radius 3 is 3.22 bits per heavy atom. The largest absolute Gasteiger partial charge is 0.613 e. The molecular weight excluding hydrogens is 321 g/mol. The minimum Gasteiger partial charge on any atom is -0.382 e. The van der Waals surface area contributed by atoms with Gasteiger partial charge in [-0.15, -0.1) is 4.52 Å². The lowest BCUT2D eigenvalue weighted by molar-refractivity contribution is -0.106. The molecule has 2 aromatic heterocycles. The first-order chi connectivity index (χ1) is 11.2. The smallest absolute Gasteiger partial charge is 0.382 e. The fourth-order valence-corrected chi connectivity index (χ4v) is 3.19. The highest BCUT2D eigenvalue weighted by molar-refractivity contribution is 7.36. The number of hydrogen-bond acceptors (Lipinski definition) is 7. The lowest BCUT2D eigenvalue weighted by atomic mass is 10.1. The zero-order chi connectivity index (χ0) is 16.2. The van der Waals surface area contributed by atoms with Crippen molar-refractivity contribution in [3.05, 3.63) is 24.2 Å². The van der Waals surface area contributed by atoms with Crippen LogP contribution in [-0.4, -0.2) is 40.1 Å². The number of carbonyl (C=O) groups excluding carboxylic acids is 1. The van der Waals surface area contributed by atoms with Crippen molar-refractivity contribution < 1.29 is 18.6 Å². The fraction of sp³-hybridized carbons (Fsp3) is 0.462. The number of nitrogen functional groups attached to an aromatic ring is 1. The van der Waals surface area contributed by atoms with E-state index >= 15 is 0 Å². The van der Waals surface area contributed by atoms with Crippen LogP contribution in [0.15, 0.2) is 18.5 Å². The third kappa shape index (κ3) is 3.53. The zero-order valence-corrected chi connectivity index (χ0v) is 13.2. The first-order valence-electron chi connectivity index (χ1n) is 7.20. The number of anilines is 1. The second kappa shape index (κ2) is 7.10. The molecule has 0 aliphatic carbocycles. The molecule has 0 bridgehead atoms. The van der Waals surface area contributed by atoms with E-state index in [4.69, 9.17) is 15.0 Å². The summed E-state index contributed by atoms with van der Waals surface area (Å²) in [6, 6.07) is 3.78. The molecule has 10 heteroatoms. The Labute approximate surface area is 133 Å². The summed E-state index contributed by atoms with van der Waals surface area (Å²) >= 11 is 0. The molecule has 122 valence electrons. The van der Waals surface area contributed by atoms with Crippen LogP contribution < -0.4 is 10.8 Å². The number of nitrogens with zero attached hydrogens (tertiary/aromatic N) is 3. The summed E-state index contributed by atoms with van der Waals surface area (Å²) in [5.41, 5.74) is 7.46. The monoisotopic (exact) mass is 338 g/mol. The topological polar surface area (TPSA) is 121 Å². The van der Waals surface area contributed by atoms with Crippen LogP contribution >= 0.6 is 8.18 Å². The number of hydrogen-bond donors (Lipinski definition) is 2. The van der Waals surface area contributed by atoms with Gasteiger partial charge in [-0.1, -0.05) is 5.09 Å². The van der Waals surface area contributed by atoms with Crippen molar-refractivity contribution in [1.29, 1.82) is 0 Å². The molecule has 0 radical (unpaired) electrons. The molecule has 23 heavy (non-hydrogen) atoms. The summed E-state index contributed by atoms with van der Waals surface area (Å²) in [7, 11) is -2.05. The molecule has 3 N–H and O–H groups in total. The van der Waals surface area contributed by atoms with E-state index in [1.54, 1.807) is 4.52 Å². The standard InChI is InChI=1S/C13H17N5O4P/c14-13-11-3-2-10(18(11)16-8-15-13)12-4-1-9(22-12)7-21-23(20)17-5-6-19/h2-3,6,8-9,12H,1,4-5,7H2,(H,17,20)(H2,14,15,16)/q+1. The minimum absolute atomic E-state index is 0.000619. The maximum Gasteiger partial charge on any atom is 0.613 e. The molecule has 3 unspecified atom stereocenters. The summed E-state index contributed by atoms with van der Waals surface area (Å²) in [5, 5.41) is 6.66. The van der Waals surface area contributed by atoms with Crippen molar-refractivity contribution in [2.75, 3.05) is 18.9 Å². The predicted octanol–water partition coefficient (Wildman–Crippen LogP) is 0.994. The third-order valence-corrected chi connectivity index (χ3v) is 4.45. The zero-order valence-electron chi connectivity index (χ0n) is 12.3. The molecule has 1 aliphatic heterocycles. The highest BCUT2D eigenvalue weighted by Crippen LogP contribution is 2.34. The number of ether oxygens (including phenoxy) is 1. The van der Waals surface area contributed by atoms with Crippen molar-refractivity contribution in [3.63, 3.8) is 0 Å². The molecule has 3 heterocycles. The number of carbonyl (C=O) groups is 1. The van der Waals surface area contributed by atoms with E-state index in [0.29, 0.717) is 12.1 Å². The Bertz CT molecular complexity index is 721. The fourth-order valence-electron chi connectivity index (χ4n) is 2.57. The minimum atomic E-state index is -2.05. The molecular formula is C13H17N5O4P+. The van der Waals surface area contributed by atoms with Gasteiger partial charge in [-0.25, -0.2) is 9.50 Å². The maximum atomic E-state index is 11.4. The van der Waals surface area contributed by atoms with Gasteiger partial charge in [0.1, 0.15) is 30.8 Å². The van der Waals surface area contributed by atoms with Gasteiger partial charge in [-0.05, 0) is 29.5 Å². The van der Waals surface area contributed by atoms with Crippen molar-refractivity contribution in [1.82, 2.24) is 19.7 Å². The van der Waals surface area contributed by atoms with E-state index < -0.39 is 8.18 Å². The molecule has 0 saturated carbocycles. The first kappa shape index (κ1) is 15.9. The van der Waals surface area contributed by atoms with Crippen molar-refractivity contribution in [3.8, 4) is 0 Å². The Hall–Kier alpha value is -1.93. The number of nitrogens with one attached hydrogen (secondary N) is 1. The van der Waals surface area contributed by atoms with Crippen LogP contribution in [0.3, 0.4) is 0 Å².